The van der Waals surface area contributed by atoms with Gasteiger partial charge in [0.2, 0.25) is 0 Å². The molecule has 0 saturated carbocycles. The van der Waals surface area contributed by atoms with E-state index in [-0.39, 0.29) is 11.6 Å². The van der Waals surface area contributed by atoms with Gasteiger partial charge in [-0.15, -0.1) is 0 Å². The van der Waals surface area contributed by atoms with E-state index in [1.165, 1.54) is 4.68 Å². The maximum atomic E-state index is 11.6. The number of aryl methyl sites for hydroxylation is 1. The number of halogens is 1. The van der Waals surface area contributed by atoms with Crippen LogP contribution in [0.25, 0.3) is 0 Å². The van der Waals surface area contributed by atoms with Crippen LogP contribution in [0.3, 0.4) is 0 Å². The summed E-state index contributed by atoms with van der Waals surface area (Å²) in [5, 5.41) is 7.17. The fourth-order valence-corrected chi connectivity index (χ4v) is 1.78. The monoisotopic (exact) mass is 288 g/mol. The average Bonchev–Trinajstić information content (AvgIpc) is 2.25. The van der Waals surface area contributed by atoms with Crippen LogP contribution in [0.5, 0.6) is 0 Å². The summed E-state index contributed by atoms with van der Waals surface area (Å²) in [6.45, 7) is 4.67. The third kappa shape index (κ3) is 2.82. The van der Waals surface area contributed by atoms with Gasteiger partial charge in [0.05, 0.1) is 11.9 Å². The number of nitrogens with one attached hydrogen (secondary N) is 1. The normalized spacial score (nSPS) is 12.9. The summed E-state index contributed by atoms with van der Waals surface area (Å²) in [6.07, 6.45) is 1.62. The van der Waals surface area contributed by atoms with E-state index >= 15 is 0 Å². The lowest BCUT2D eigenvalue weighted by Crippen LogP contribution is -2.34. The van der Waals surface area contributed by atoms with Crippen LogP contribution in [0.4, 0.5) is 5.69 Å². The summed E-state index contributed by atoms with van der Waals surface area (Å²) in [6, 6.07) is 0.130. The Balaban J connectivity index is 2.98. The Morgan fingerprint density at radius 2 is 2.25 bits per heavy atom. The molecule has 0 aromatic carbocycles. The first-order valence-corrected chi connectivity index (χ1v) is 5.95. The summed E-state index contributed by atoms with van der Waals surface area (Å²) >= 11 is 3.26. The first-order valence-electron chi connectivity index (χ1n) is 5.15. The second kappa shape index (κ2) is 5.45. The van der Waals surface area contributed by atoms with Gasteiger partial charge in [0.25, 0.3) is 5.56 Å². The van der Waals surface area contributed by atoms with Gasteiger partial charge in [-0.05, 0) is 21.8 Å². The summed E-state index contributed by atoms with van der Waals surface area (Å²) in [5.74, 6) is 0.390. The number of nitrogens with two attached hydrogens (primary N) is 1. The van der Waals surface area contributed by atoms with Gasteiger partial charge in [-0.3, -0.25) is 4.79 Å². The van der Waals surface area contributed by atoms with Gasteiger partial charge >= 0.3 is 0 Å². The summed E-state index contributed by atoms with van der Waals surface area (Å²) in [5.41, 5.74) is 6.18. The maximum absolute atomic E-state index is 11.6. The molecule has 0 radical (unpaired) electrons. The van der Waals surface area contributed by atoms with Crippen molar-refractivity contribution < 1.29 is 0 Å². The lowest BCUT2D eigenvalue weighted by molar-refractivity contribution is 0.530. The van der Waals surface area contributed by atoms with Crippen molar-refractivity contribution in [2.45, 2.75) is 19.9 Å². The molecule has 0 saturated heterocycles. The summed E-state index contributed by atoms with van der Waals surface area (Å²) < 4.78 is 1.77. The van der Waals surface area contributed by atoms with Gasteiger partial charge in [0.1, 0.15) is 4.47 Å². The second-order valence-corrected chi connectivity index (χ2v) is 4.82. The van der Waals surface area contributed by atoms with Crippen LogP contribution >= 0.6 is 15.9 Å². The number of nitrogens with zero attached hydrogens (tertiary/aromatic N) is 2. The number of aromatic nitrogens is 2. The van der Waals surface area contributed by atoms with Crippen molar-refractivity contribution in [3.63, 3.8) is 0 Å². The minimum atomic E-state index is -0.162. The molecule has 1 unspecified atom stereocenters. The van der Waals surface area contributed by atoms with E-state index in [2.05, 4.69) is 40.2 Å². The molecular formula is C10H17BrN4O. The molecule has 0 aliphatic heterocycles. The topological polar surface area (TPSA) is 72.9 Å². The van der Waals surface area contributed by atoms with Crippen LogP contribution in [-0.2, 0) is 7.05 Å². The molecule has 0 fully saturated rings. The maximum Gasteiger partial charge on any atom is 0.282 e. The highest BCUT2D eigenvalue weighted by Gasteiger charge is 2.14. The molecule has 1 rings (SSSR count). The number of rotatable bonds is 4. The smallest absolute Gasteiger partial charge is 0.282 e. The van der Waals surface area contributed by atoms with Gasteiger partial charge in [-0.1, -0.05) is 13.8 Å². The zero-order valence-corrected chi connectivity index (χ0v) is 11.3. The first kappa shape index (κ1) is 13.2. The van der Waals surface area contributed by atoms with Gasteiger partial charge in [-0.2, -0.15) is 5.10 Å². The molecule has 0 aliphatic rings. The van der Waals surface area contributed by atoms with Gasteiger partial charge in [-0.25, -0.2) is 4.68 Å². The number of anilines is 1. The van der Waals surface area contributed by atoms with Crippen LogP contribution in [0.2, 0.25) is 0 Å². The quantitative estimate of drug-likeness (QED) is 0.865. The second-order valence-electron chi connectivity index (χ2n) is 4.03. The van der Waals surface area contributed by atoms with E-state index in [4.69, 9.17) is 5.73 Å². The van der Waals surface area contributed by atoms with Crippen molar-refractivity contribution in [2.24, 2.45) is 18.7 Å². The van der Waals surface area contributed by atoms with Crippen molar-refractivity contribution in [3.8, 4) is 0 Å². The zero-order chi connectivity index (χ0) is 12.3. The van der Waals surface area contributed by atoms with Crippen LogP contribution in [-0.4, -0.2) is 22.4 Å². The Kier molecular flexibility index (Phi) is 4.49. The van der Waals surface area contributed by atoms with Crippen molar-refractivity contribution in [2.75, 3.05) is 11.9 Å². The molecule has 3 N–H and O–H groups in total. The average molecular weight is 289 g/mol. The van der Waals surface area contributed by atoms with Crippen LogP contribution < -0.4 is 16.6 Å². The summed E-state index contributed by atoms with van der Waals surface area (Å²) in [7, 11) is 1.61. The molecule has 0 amide bonds. The van der Waals surface area contributed by atoms with Crippen molar-refractivity contribution in [1.82, 2.24) is 9.78 Å². The van der Waals surface area contributed by atoms with E-state index in [1.54, 1.807) is 13.2 Å². The Hall–Kier alpha value is -0.880. The highest BCUT2D eigenvalue weighted by molar-refractivity contribution is 9.10. The molecule has 1 aromatic rings. The molecule has 90 valence electrons. The van der Waals surface area contributed by atoms with Gasteiger partial charge < -0.3 is 11.1 Å². The van der Waals surface area contributed by atoms with Crippen LogP contribution in [0, 0.1) is 5.92 Å². The van der Waals surface area contributed by atoms with E-state index in [9.17, 15) is 4.79 Å². The molecule has 0 aliphatic carbocycles. The Morgan fingerprint density at radius 1 is 1.62 bits per heavy atom. The zero-order valence-electron chi connectivity index (χ0n) is 9.70. The standard InChI is InChI=1S/C10H17BrN4O/c1-6(2)7(4-12)14-8-5-13-15(3)10(16)9(8)11/h5-7,14H,4,12H2,1-3H3. The fraction of sp³-hybridized carbons (Fsp3) is 0.600. The van der Waals surface area contributed by atoms with Crippen molar-refractivity contribution >= 4 is 21.6 Å². The Morgan fingerprint density at radius 3 is 2.75 bits per heavy atom. The van der Waals surface area contributed by atoms with E-state index in [0.29, 0.717) is 22.6 Å². The molecule has 6 heteroatoms. The molecule has 0 spiro atoms. The summed E-state index contributed by atoms with van der Waals surface area (Å²) in [4.78, 5) is 11.6. The van der Waals surface area contributed by atoms with Crippen LogP contribution in [0.15, 0.2) is 15.5 Å². The third-order valence-electron chi connectivity index (χ3n) is 2.48. The fourth-order valence-electron chi connectivity index (χ4n) is 1.31. The molecule has 5 nitrogen and oxygen atoms in total. The minimum absolute atomic E-state index is 0.130. The number of hydrogen-bond donors (Lipinski definition) is 2. The van der Waals surface area contributed by atoms with Gasteiger partial charge in [0.15, 0.2) is 0 Å². The highest BCUT2D eigenvalue weighted by atomic mass is 79.9. The van der Waals surface area contributed by atoms with Gasteiger partial charge in [0, 0.05) is 19.6 Å². The first-order chi connectivity index (χ1) is 7.47. The van der Waals surface area contributed by atoms with E-state index in [1.807, 2.05) is 0 Å². The van der Waals surface area contributed by atoms with Crippen molar-refractivity contribution in [1.29, 1.82) is 0 Å². The Bertz CT molecular complexity index is 416. The molecule has 1 atom stereocenters. The highest BCUT2D eigenvalue weighted by Crippen LogP contribution is 2.18. The number of hydrogen-bond acceptors (Lipinski definition) is 4. The predicted molar refractivity (Wildman–Crippen MR) is 68.5 cm³/mol. The predicted octanol–water partition coefficient (Wildman–Crippen LogP) is 0.938. The third-order valence-corrected chi connectivity index (χ3v) is 3.24. The van der Waals surface area contributed by atoms with E-state index < -0.39 is 0 Å². The van der Waals surface area contributed by atoms with E-state index in [0.717, 1.165) is 0 Å². The molecule has 0 bridgehead atoms. The van der Waals surface area contributed by atoms with Crippen molar-refractivity contribution in [3.05, 3.63) is 21.0 Å². The molecule has 1 heterocycles. The lowest BCUT2D eigenvalue weighted by Gasteiger charge is -2.22. The molecule has 16 heavy (non-hydrogen) atoms. The molecule has 1 aromatic heterocycles. The lowest BCUT2D eigenvalue weighted by atomic mass is 10.0. The largest absolute Gasteiger partial charge is 0.378 e. The Labute approximate surface area is 103 Å². The minimum Gasteiger partial charge on any atom is -0.378 e. The SMILES string of the molecule is CC(C)C(CN)Nc1cnn(C)c(=O)c1Br. The van der Waals surface area contributed by atoms with Crippen LogP contribution in [0.1, 0.15) is 13.8 Å². The molecular weight excluding hydrogens is 272 g/mol.